The molecule has 0 amide bonds. The van der Waals surface area contributed by atoms with Crippen LogP contribution in [0.15, 0.2) is 142 Å². The summed E-state index contributed by atoms with van der Waals surface area (Å²) in [7, 11) is -2.72. The van der Waals surface area contributed by atoms with E-state index in [1.54, 1.807) is 122 Å². The van der Waals surface area contributed by atoms with Crippen molar-refractivity contribution in [3.05, 3.63) is 209 Å². The molecule has 0 fully saturated rings. The number of fused-ring (bicyclic) bond motifs is 6. The molecule has 0 unspecified atom stereocenters. The van der Waals surface area contributed by atoms with Crippen molar-refractivity contribution >= 4 is 99.9 Å². The minimum Gasteiger partial charge on any atom is -0.486 e. The van der Waals surface area contributed by atoms with Crippen molar-refractivity contribution in [2.75, 3.05) is 52.9 Å². The summed E-state index contributed by atoms with van der Waals surface area (Å²) >= 11 is 0. The predicted octanol–water partition coefficient (Wildman–Crippen LogP) is 14.4. The van der Waals surface area contributed by atoms with E-state index < -0.39 is 89.4 Å². The highest BCUT2D eigenvalue weighted by Gasteiger charge is 2.26. The molecule has 6 aromatic carbocycles. The van der Waals surface area contributed by atoms with Crippen molar-refractivity contribution in [1.82, 2.24) is 42.8 Å². The molecule has 1 N–H and O–H groups in total. The number of benzene rings is 6. The van der Waals surface area contributed by atoms with Gasteiger partial charge in [0.2, 0.25) is 16.3 Å². The molecule has 26 nitrogen and oxygen atoms in total. The SMILES string of the molecule is CCOC(=O)c1cn(Cc2nc3cc(C#N)c(OCC(F)F)cc3n2COCC[Si](C)(C)C)c2ccccc2c1=O.CCOC(=O)c1cn(Cc2nc3cc(OCC(F)F)c(C#N)cc3[nH]2)c2ccccc2c1=O.CCOC(=O)c1cn(Cc2nc3cc(OCC(F)F)c(C#N)cc3n2COCC[Si](C)(C)C)c2ccccc2c1=O. The smallest absolute Gasteiger partial charge is 0.343 e. The van der Waals surface area contributed by atoms with Crippen LogP contribution in [0.2, 0.25) is 51.4 Å². The van der Waals surface area contributed by atoms with Crippen LogP contribution in [0.25, 0.3) is 65.8 Å². The average molecular weight is 1620 g/mol. The van der Waals surface area contributed by atoms with Crippen LogP contribution in [-0.2, 0) is 56.8 Å². The standard InChI is InChI=1S/2C29H32F2N4O5Si.C23H18F2N4O4/c1-5-39-29(37)21-15-34(23-9-7-6-8-20(23)28(21)36)16-27-33-22-13-25(40-17-26(30)31)19(14-32)12-24(22)35(27)18-38-10-11-41(2,3)4;1-5-39-29(37)21-15-34(23-9-7-6-8-20(23)28(21)36)16-27-33-22-12-19(14-32)25(40-17-26(30)31)13-24(22)35(27)18-38-10-11-41(2,3)4;1-2-32-23(31)15-10-29(18-6-4-3-5-14(18)22(15)30)11-21-27-16-7-13(9-26)19(8-17(16)28-21)33-12-20(24)25/h2*6-9,12-13,15,26H,5,10-11,16-18H2,1-4H3;3-8,10,20H,2,11-12H2,1H3,(H,27,28). The molecule has 6 heterocycles. The Kier molecular flexibility index (Phi) is 28.0. The number of aromatic amines is 1. The number of carbonyl (C=O) groups is 3. The Morgan fingerprint density at radius 2 is 0.800 bits per heavy atom. The highest BCUT2D eigenvalue weighted by Crippen LogP contribution is 2.32. The van der Waals surface area contributed by atoms with E-state index in [1.165, 1.54) is 48.9 Å². The van der Waals surface area contributed by atoms with E-state index in [2.05, 4.69) is 49.3 Å². The molecule has 12 aromatic rings. The van der Waals surface area contributed by atoms with Crippen LogP contribution in [0.1, 0.15) is 86.0 Å². The summed E-state index contributed by atoms with van der Waals surface area (Å²) in [5, 5.41) is 29.7. The Morgan fingerprint density at radius 3 is 1.18 bits per heavy atom. The molecule has 0 saturated carbocycles. The summed E-state index contributed by atoms with van der Waals surface area (Å²) < 4.78 is 128. The maximum atomic E-state index is 13.1. The zero-order chi connectivity index (χ0) is 83.0. The summed E-state index contributed by atoms with van der Waals surface area (Å²) in [6, 6.07) is 37.4. The van der Waals surface area contributed by atoms with Gasteiger partial charge in [0.25, 0.3) is 19.3 Å². The Bertz CT molecular complexity index is 5810. The van der Waals surface area contributed by atoms with Crippen LogP contribution in [-0.4, -0.2) is 149 Å². The third-order valence-electron chi connectivity index (χ3n) is 17.8. The third-order valence-corrected chi connectivity index (χ3v) is 21.2. The van der Waals surface area contributed by atoms with E-state index in [0.29, 0.717) is 96.5 Å². The van der Waals surface area contributed by atoms with Crippen LogP contribution >= 0.6 is 0 Å². The number of pyridine rings is 3. The Labute approximate surface area is 656 Å². The van der Waals surface area contributed by atoms with E-state index in [0.717, 1.165) is 12.1 Å². The lowest BCUT2D eigenvalue weighted by atomic mass is 10.1. The highest BCUT2D eigenvalue weighted by atomic mass is 28.3. The summed E-state index contributed by atoms with van der Waals surface area (Å²) in [6.45, 7) is 18.0. The molecular formula is C81H82F6N12O14Si2. The molecule has 0 atom stereocenters. The molecule has 0 spiro atoms. The highest BCUT2D eigenvalue weighted by molar-refractivity contribution is 6.76. The number of hydrogen-bond acceptors (Lipinski definition) is 20. The Balaban J connectivity index is 0.000000184. The molecule has 0 aliphatic rings. The number of alkyl halides is 6. The number of hydrogen-bond donors (Lipinski definition) is 1. The van der Waals surface area contributed by atoms with Crippen LogP contribution in [0.4, 0.5) is 26.3 Å². The molecule has 0 saturated heterocycles. The van der Waals surface area contributed by atoms with Gasteiger partial charge in [-0.15, -0.1) is 0 Å². The molecule has 0 bridgehead atoms. The molecule has 12 rings (SSSR count). The second-order valence-electron chi connectivity index (χ2n) is 28.5. The number of nitrogens with one attached hydrogen (secondary N) is 1. The van der Waals surface area contributed by atoms with Gasteiger partial charge in [-0.2, -0.15) is 15.8 Å². The number of carbonyl (C=O) groups excluding carboxylic acids is 3. The molecule has 600 valence electrons. The first-order valence-corrected chi connectivity index (χ1v) is 43.9. The second-order valence-corrected chi connectivity index (χ2v) is 39.7. The number of rotatable bonds is 31. The Hall–Kier alpha value is -12.4. The van der Waals surface area contributed by atoms with Gasteiger partial charge < -0.3 is 65.7 Å². The number of ether oxygens (including phenoxy) is 8. The summed E-state index contributed by atoms with van der Waals surface area (Å²) in [4.78, 5) is 93.5. The van der Waals surface area contributed by atoms with Crippen molar-refractivity contribution in [2.24, 2.45) is 0 Å². The largest absolute Gasteiger partial charge is 0.486 e. The fourth-order valence-electron chi connectivity index (χ4n) is 12.2. The number of nitrogens with zero attached hydrogens (tertiary/aromatic N) is 11. The maximum Gasteiger partial charge on any atom is 0.343 e. The van der Waals surface area contributed by atoms with Crippen LogP contribution < -0.4 is 30.5 Å². The zero-order valence-corrected chi connectivity index (χ0v) is 66.4. The monoisotopic (exact) mass is 1620 g/mol. The van der Waals surface area contributed by atoms with Gasteiger partial charge in [0, 0.05) is 82.3 Å². The zero-order valence-electron chi connectivity index (χ0n) is 64.4. The van der Waals surface area contributed by atoms with Crippen LogP contribution in [0.3, 0.4) is 0 Å². The van der Waals surface area contributed by atoms with E-state index in [4.69, 9.17) is 47.9 Å². The number of nitriles is 3. The van der Waals surface area contributed by atoms with E-state index in [9.17, 15) is 70.9 Å². The van der Waals surface area contributed by atoms with Gasteiger partial charge in [-0.3, -0.25) is 14.4 Å². The third kappa shape index (κ3) is 21.1. The van der Waals surface area contributed by atoms with E-state index in [1.807, 2.05) is 18.2 Å². The van der Waals surface area contributed by atoms with Crippen molar-refractivity contribution in [3.8, 4) is 35.5 Å². The molecule has 34 heteroatoms. The quantitative estimate of drug-likeness (QED) is 0.0139. The molecule has 0 radical (unpaired) electrons. The lowest BCUT2D eigenvalue weighted by molar-refractivity contribution is 0.0514. The number of aromatic nitrogens is 9. The van der Waals surface area contributed by atoms with Crippen molar-refractivity contribution in [1.29, 1.82) is 15.8 Å². The number of halogens is 6. The van der Waals surface area contributed by atoms with Gasteiger partial charge in [-0.1, -0.05) is 75.7 Å². The van der Waals surface area contributed by atoms with Crippen LogP contribution in [0, 0.1) is 34.0 Å². The maximum absolute atomic E-state index is 13.1. The fourth-order valence-corrected chi connectivity index (χ4v) is 13.7. The molecule has 115 heavy (non-hydrogen) atoms. The topological polar surface area (TPSA) is 327 Å². The molecule has 6 aromatic heterocycles. The Morgan fingerprint density at radius 1 is 0.452 bits per heavy atom. The summed E-state index contributed by atoms with van der Waals surface area (Å²) in [6.07, 6.45) is -3.75. The summed E-state index contributed by atoms with van der Waals surface area (Å²) in [5.41, 5.74) is 3.33. The first-order chi connectivity index (χ1) is 54.9. The van der Waals surface area contributed by atoms with Crippen molar-refractivity contribution in [2.45, 2.75) is 125 Å². The van der Waals surface area contributed by atoms with Gasteiger partial charge in [0.05, 0.1) is 106 Å². The lowest BCUT2D eigenvalue weighted by Gasteiger charge is -2.17. The van der Waals surface area contributed by atoms with Gasteiger partial charge in [0.1, 0.15) is 103 Å². The second kappa shape index (κ2) is 37.9. The van der Waals surface area contributed by atoms with E-state index in [-0.39, 0.29) is 104 Å². The van der Waals surface area contributed by atoms with Gasteiger partial charge in [-0.25, -0.2) is 55.7 Å². The molecule has 0 aliphatic carbocycles. The van der Waals surface area contributed by atoms with Crippen molar-refractivity contribution < 1.29 is 78.6 Å². The predicted molar refractivity (Wildman–Crippen MR) is 422 cm³/mol. The first-order valence-electron chi connectivity index (χ1n) is 36.5. The molecular weight excluding hydrogens is 1540 g/mol. The van der Waals surface area contributed by atoms with Gasteiger partial charge in [-0.05, 0) is 87.5 Å². The lowest BCUT2D eigenvalue weighted by Crippen LogP contribution is -2.23. The van der Waals surface area contributed by atoms with Crippen molar-refractivity contribution in [3.63, 3.8) is 0 Å². The normalized spacial score (nSPS) is 11.6. The van der Waals surface area contributed by atoms with Gasteiger partial charge >= 0.3 is 17.9 Å². The first kappa shape index (κ1) is 85.0. The summed E-state index contributed by atoms with van der Waals surface area (Å²) in [5.74, 6) is -0.642. The average Bonchev–Trinajstić information content (AvgIpc) is 1.75. The van der Waals surface area contributed by atoms with E-state index >= 15 is 0 Å². The number of H-pyrrole nitrogens is 1. The number of para-hydroxylation sites is 3. The van der Waals surface area contributed by atoms with Crippen LogP contribution in [0.5, 0.6) is 17.2 Å². The minimum absolute atomic E-state index is 0.00885. The molecule has 0 aliphatic heterocycles. The van der Waals surface area contributed by atoms with Gasteiger partial charge in [0.15, 0.2) is 0 Å². The number of esters is 3. The fraction of sp³-hybridized carbons (Fsp3) is 0.333. The number of imidazole rings is 3. The minimum atomic E-state index is -2.70.